The fourth-order valence-electron chi connectivity index (χ4n) is 5.49. The number of nitrogens with zero attached hydrogens (tertiary/aromatic N) is 4. The minimum Gasteiger partial charge on any atom is -0.462 e. The molecule has 0 fully saturated rings. The van der Waals surface area contributed by atoms with Crippen molar-refractivity contribution in [1.82, 2.24) is 10.3 Å². The number of nitrogens with one attached hydrogen (secondary N) is 1. The van der Waals surface area contributed by atoms with E-state index in [1.807, 2.05) is 21.1 Å². The molecule has 0 bridgehead atoms. The standard InChI is InChI=1S/C36H62N5O11P/c1-5-6-7-8-9-10-11-12-13-14-15-16-18-21-33(42)48-28-30(29-50-53(46,47)49-27-26-41(2,3)4)51-34(43)22-19-17-20-25-37-31-23-24-32(40(44)45)36-35(31)38-52-39-36/h23-24,30H,5-22,25-29H2,1-4H3,(H-,37,39,46,47)/p+1/t30-/m1/s1. The first-order valence-electron chi connectivity index (χ1n) is 19.2. The molecule has 2 atom stereocenters. The number of non-ortho nitro benzene ring substituents is 1. The van der Waals surface area contributed by atoms with Gasteiger partial charge in [-0.25, -0.2) is 9.19 Å². The Bertz CT molecular complexity index is 1400. The molecule has 0 aliphatic rings. The molecule has 0 saturated heterocycles. The second kappa shape index (κ2) is 25.8. The Hall–Kier alpha value is -3.17. The Morgan fingerprint density at radius 3 is 2.02 bits per heavy atom. The van der Waals surface area contributed by atoms with Gasteiger partial charge >= 0.3 is 25.4 Å². The van der Waals surface area contributed by atoms with Gasteiger partial charge in [-0.05, 0) is 35.6 Å². The van der Waals surface area contributed by atoms with Crippen molar-refractivity contribution >= 4 is 42.2 Å². The minimum atomic E-state index is -4.44. The number of phosphoric ester groups is 1. The van der Waals surface area contributed by atoms with E-state index in [4.69, 9.17) is 18.5 Å². The number of anilines is 1. The van der Waals surface area contributed by atoms with E-state index < -0.39 is 37.4 Å². The zero-order valence-corrected chi connectivity index (χ0v) is 33.2. The number of ether oxygens (including phenoxy) is 2. The maximum atomic E-state index is 12.7. The molecule has 2 rings (SSSR count). The van der Waals surface area contributed by atoms with Crippen LogP contribution in [0.1, 0.15) is 122 Å². The van der Waals surface area contributed by atoms with E-state index in [0.29, 0.717) is 48.9 Å². The zero-order valence-electron chi connectivity index (χ0n) is 32.3. The van der Waals surface area contributed by atoms with E-state index in [1.165, 1.54) is 69.9 Å². The molecule has 1 aromatic heterocycles. The van der Waals surface area contributed by atoms with Crippen molar-refractivity contribution in [3.63, 3.8) is 0 Å². The number of phosphoric acid groups is 1. The average molecular weight is 773 g/mol. The fourth-order valence-corrected chi connectivity index (χ4v) is 6.23. The summed E-state index contributed by atoms with van der Waals surface area (Å²) in [5.74, 6) is -0.997. The van der Waals surface area contributed by atoms with E-state index in [1.54, 1.807) is 0 Å². The minimum absolute atomic E-state index is 0.0186. The third-order valence-electron chi connectivity index (χ3n) is 8.62. The molecule has 0 radical (unpaired) electrons. The second-order valence-electron chi connectivity index (χ2n) is 14.5. The number of unbranched alkanes of at least 4 members (excludes halogenated alkanes) is 14. The molecule has 1 unspecified atom stereocenters. The van der Waals surface area contributed by atoms with Crippen molar-refractivity contribution in [2.45, 2.75) is 129 Å². The average Bonchev–Trinajstić information content (AvgIpc) is 3.59. The van der Waals surface area contributed by atoms with Crippen molar-refractivity contribution < 1.29 is 51.6 Å². The lowest BCUT2D eigenvalue weighted by Gasteiger charge is -2.24. The molecule has 17 heteroatoms. The van der Waals surface area contributed by atoms with Gasteiger partial charge in [0, 0.05) is 25.5 Å². The lowest BCUT2D eigenvalue weighted by atomic mass is 10.0. The first-order chi connectivity index (χ1) is 25.3. The van der Waals surface area contributed by atoms with Gasteiger partial charge < -0.3 is 24.2 Å². The van der Waals surface area contributed by atoms with Crippen molar-refractivity contribution in [1.29, 1.82) is 0 Å². The van der Waals surface area contributed by atoms with Crippen LogP contribution < -0.4 is 5.32 Å². The van der Waals surface area contributed by atoms with Gasteiger partial charge in [-0.3, -0.25) is 28.8 Å². The van der Waals surface area contributed by atoms with Crippen LogP contribution in [0.15, 0.2) is 16.8 Å². The number of nitro groups is 1. The van der Waals surface area contributed by atoms with Crippen molar-refractivity contribution in [2.24, 2.45) is 0 Å². The fraction of sp³-hybridized carbons (Fsp3) is 0.778. The van der Waals surface area contributed by atoms with Crippen LogP contribution in [-0.4, -0.2) is 96.7 Å². The summed E-state index contributed by atoms with van der Waals surface area (Å²) in [5, 5.41) is 21.7. The van der Waals surface area contributed by atoms with Gasteiger partial charge in [-0.1, -0.05) is 90.4 Å². The van der Waals surface area contributed by atoms with Gasteiger partial charge in [0.05, 0.1) is 38.4 Å². The Labute approximate surface area is 313 Å². The summed E-state index contributed by atoms with van der Waals surface area (Å²) >= 11 is 0. The van der Waals surface area contributed by atoms with Crippen LogP contribution >= 0.6 is 7.82 Å². The van der Waals surface area contributed by atoms with E-state index in [2.05, 4.69) is 27.2 Å². The van der Waals surface area contributed by atoms with E-state index in [-0.39, 0.29) is 42.8 Å². The summed E-state index contributed by atoms with van der Waals surface area (Å²) in [5.41, 5.74) is 0.653. The number of likely N-dealkylation sites (N-methyl/N-ethyl adjacent to an activating group) is 1. The first-order valence-corrected chi connectivity index (χ1v) is 20.7. The Morgan fingerprint density at radius 2 is 1.42 bits per heavy atom. The molecule has 0 spiro atoms. The summed E-state index contributed by atoms with van der Waals surface area (Å²) in [6.45, 7) is 2.38. The smallest absolute Gasteiger partial charge is 0.462 e. The number of hydrogen-bond donors (Lipinski definition) is 2. The molecule has 16 nitrogen and oxygen atoms in total. The molecule has 0 saturated carbocycles. The third-order valence-corrected chi connectivity index (χ3v) is 9.60. The predicted molar refractivity (Wildman–Crippen MR) is 201 cm³/mol. The maximum Gasteiger partial charge on any atom is 0.472 e. The molecule has 0 amide bonds. The van der Waals surface area contributed by atoms with E-state index >= 15 is 0 Å². The number of carbonyl (C=O) groups is 2. The van der Waals surface area contributed by atoms with Gasteiger partial charge in [-0.15, -0.1) is 0 Å². The van der Waals surface area contributed by atoms with Crippen molar-refractivity contribution in [3.05, 3.63) is 22.2 Å². The summed E-state index contributed by atoms with van der Waals surface area (Å²) in [6.07, 6.45) is 16.6. The van der Waals surface area contributed by atoms with Crippen LogP contribution in [0.25, 0.3) is 11.0 Å². The Kier molecular flexibility index (Phi) is 22.4. The normalized spacial score (nSPS) is 13.5. The van der Waals surface area contributed by atoms with E-state index in [9.17, 15) is 29.2 Å². The van der Waals surface area contributed by atoms with Gasteiger partial charge in [-0.2, -0.15) is 0 Å². The highest BCUT2D eigenvalue weighted by atomic mass is 31.2. The number of quaternary nitrogens is 1. The van der Waals surface area contributed by atoms with Crippen LogP contribution in [0.3, 0.4) is 0 Å². The van der Waals surface area contributed by atoms with Crippen LogP contribution in [0.5, 0.6) is 0 Å². The molecule has 0 aliphatic carbocycles. The van der Waals surface area contributed by atoms with E-state index in [0.717, 1.165) is 19.3 Å². The maximum absolute atomic E-state index is 12.7. The van der Waals surface area contributed by atoms with Crippen LogP contribution in [-0.2, 0) is 32.7 Å². The van der Waals surface area contributed by atoms with Crippen LogP contribution in [0.4, 0.5) is 11.4 Å². The van der Waals surface area contributed by atoms with Gasteiger partial charge in [0.25, 0.3) is 0 Å². The Morgan fingerprint density at radius 1 is 0.849 bits per heavy atom. The molecule has 1 aromatic carbocycles. The number of aromatic nitrogens is 2. The Balaban J connectivity index is 1.71. The SMILES string of the molecule is CCCCCCCCCCCCCCCC(=O)OC[C@H](COP(=O)(O)OCC[N+](C)(C)C)OC(=O)CCCCCNc1ccc([N+](=O)[O-])c2nonc12. The number of hydrogen-bond acceptors (Lipinski definition) is 13. The number of esters is 2. The number of benzene rings is 1. The zero-order chi connectivity index (χ0) is 39.0. The quantitative estimate of drug-likeness (QED) is 0.0181. The molecular formula is C36H63N5O11P+. The topological polar surface area (TPSA) is 202 Å². The molecule has 302 valence electrons. The number of nitro benzene ring substituents is 1. The molecule has 2 aromatic rings. The van der Waals surface area contributed by atoms with Gasteiger partial charge in [0.1, 0.15) is 19.8 Å². The molecular weight excluding hydrogens is 709 g/mol. The number of fused-ring (bicyclic) bond motifs is 1. The van der Waals surface area contributed by atoms with Crippen molar-refractivity contribution in [2.75, 3.05) is 59.4 Å². The number of rotatable bonds is 32. The van der Waals surface area contributed by atoms with Crippen LogP contribution in [0, 0.1) is 10.1 Å². The van der Waals surface area contributed by atoms with Gasteiger partial charge in [0.2, 0.25) is 5.52 Å². The highest BCUT2D eigenvalue weighted by Gasteiger charge is 2.27. The summed E-state index contributed by atoms with van der Waals surface area (Å²) in [6, 6.07) is 2.87. The second-order valence-corrected chi connectivity index (χ2v) is 15.9. The predicted octanol–water partition coefficient (Wildman–Crippen LogP) is 7.88. The summed E-state index contributed by atoms with van der Waals surface area (Å²) < 4.78 is 38.7. The lowest BCUT2D eigenvalue weighted by molar-refractivity contribution is -0.870. The molecule has 53 heavy (non-hydrogen) atoms. The molecule has 2 N–H and O–H groups in total. The third kappa shape index (κ3) is 21.3. The monoisotopic (exact) mass is 772 g/mol. The lowest BCUT2D eigenvalue weighted by Crippen LogP contribution is -2.37. The van der Waals surface area contributed by atoms with Crippen LogP contribution in [0.2, 0.25) is 0 Å². The summed E-state index contributed by atoms with van der Waals surface area (Å²) in [7, 11) is 1.30. The highest BCUT2D eigenvalue weighted by Crippen LogP contribution is 2.43. The number of carbonyl (C=O) groups excluding carboxylic acids is 2. The highest BCUT2D eigenvalue weighted by molar-refractivity contribution is 7.47. The molecule has 1 heterocycles. The van der Waals surface area contributed by atoms with Crippen molar-refractivity contribution in [3.8, 4) is 0 Å². The summed E-state index contributed by atoms with van der Waals surface area (Å²) in [4.78, 5) is 46.0. The van der Waals surface area contributed by atoms with Gasteiger partial charge in [0.15, 0.2) is 11.6 Å². The largest absolute Gasteiger partial charge is 0.472 e. The first kappa shape index (κ1) is 46.0. The molecule has 0 aliphatic heterocycles.